The maximum atomic E-state index is 13.1. The van der Waals surface area contributed by atoms with E-state index < -0.39 is 0 Å². The second kappa shape index (κ2) is 9.35. The molecule has 2 aromatic rings. The van der Waals surface area contributed by atoms with E-state index in [2.05, 4.69) is 21.2 Å². The molecule has 2 aromatic carbocycles. The Bertz CT molecular complexity index is 896. The van der Waals surface area contributed by atoms with Crippen molar-refractivity contribution < 1.29 is 13.9 Å². The molecule has 30 heavy (non-hydrogen) atoms. The van der Waals surface area contributed by atoms with Gasteiger partial charge in [0.2, 0.25) is 5.91 Å². The number of nitrogens with zero attached hydrogens (tertiary/aromatic N) is 3. The molecule has 2 atom stereocenters. The van der Waals surface area contributed by atoms with Gasteiger partial charge in [-0.15, -0.1) is 0 Å². The Morgan fingerprint density at radius 2 is 1.60 bits per heavy atom. The molecule has 0 aliphatic carbocycles. The summed E-state index contributed by atoms with van der Waals surface area (Å²) in [6.45, 7) is 4.63. The summed E-state index contributed by atoms with van der Waals surface area (Å²) in [6.07, 6.45) is 0.147. The highest BCUT2D eigenvalue weighted by Crippen LogP contribution is 2.20. The Labute approximate surface area is 175 Å². The number of carbonyl (C=O) groups is 1. The predicted molar refractivity (Wildman–Crippen MR) is 110 cm³/mol. The maximum Gasteiger partial charge on any atom is 0.234 e. The van der Waals surface area contributed by atoms with Crippen molar-refractivity contribution in [1.29, 1.82) is 5.26 Å². The van der Waals surface area contributed by atoms with Crippen molar-refractivity contribution in [3.05, 3.63) is 71.0 Å². The topological polar surface area (TPSA) is 68.6 Å². The molecule has 0 aromatic heterocycles. The quantitative estimate of drug-likeness (QED) is 0.791. The maximum absolute atomic E-state index is 13.1. The Morgan fingerprint density at radius 1 is 1.00 bits per heavy atom. The lowest BCUT2D eigenvalue weighted by Crippen LogP contribution is -2.60. The lowest BCUT2D eigenvalue weighted by atomic mass is 10.1. The summed E-state index contributed by atoms with van der Waals surface area (Å²) in [5.74, 6) is -0.229. The van der Waals surface area contributed by atoms with Crippen LogP contribution in [0.5, 0.6) is 0 Å². The SMILES string of the molecule is N#Cc1ccc(CNC(=O)CN2CC3CN(Cc4ccc(F)cc4)CC(C2)O3)cc1. The number of ether oxygens (including phenoxy) is 1. The molecular weight excluding hydrogens is 383 g/mol. The second-order valence-corrected chi connectivity index (χ2v) is 7.98. The van der Waals surface area contributed by atoms with Gasteiger partial charge in [0, 0.05) is 39.3 Å². The smallest absolute Gasteiger partial charge is 0.234 e. The molecule has 2 aliphatic heterocycles. The zero-order valence-electron chi connectivity index (χ0n) is 16.8. The van der Waals surface area contributed by atoms with Crippen LogP contribution in [0.15, 0.2) is 48.5 Å². The van der Waals surface area contributed by atoms with Crippen molar-refractivity contribution in [2.75, 3.05) is 32.7 Å². The molecule has 0 radical (unpaired) electrons. The third-order valence-electron chi connectivity index (χ3n) is 5.49. The Morgan fingerprint density at radius 3 is 2.23 bits per heavy atom. The van der Waals surface area contributed by atoms with Gasteiger partial charge in [-0.2, -0.15) is 5.26 Å². The van der Waals surface area contributed by atoms with E-state index in [4.69, 9.17) is 10.00 Å². The van der Waals surface area contributed by atoms with Gasteiger partial charge in [0.15, 0.2) is 0 Å². The van der Waals surface area contributed by atoms with Crippen molar-refractivity contribution in [1.82, 2.24) is 15.1 Å². The van der Waals surface area contributed by atoms with Crippen LogP contribution >= 0.6 is 0 Å². The first kappa shape index (κ1) is 20.5. The van der Waals surface area contributed by atoms with E-state index in [0.717, 1.165) is 43.9 Å². The third kappa shape index (κ3) is 5.42. The van der Waals surface area contributed by atoms with Crippen LogP contribution in [-0.4, -0.2) is 60.6 Å². The van der Waals surface area contributed by atoms with Gasteiger partial charge in [0.25, 0.3) is 0 Å². The average molecular weight is 408 g/mol. The zero-order chi connectivity index (χ0) is 20.9. The molecule has 2 aliphatic rings. The summed E-state index contributed by atoms with van der Waals surface area (Å²) < 4.78 is 19.2. The molecule has 1 amide bonds. The van der Waals surface area contributed by atoms with E-state index in [9.17, 15) is 9.18 Å². The van der Waals surface area contributed by atoms with Crippen molar-refractivity contribution in [3.8, 4) is 6.07 Å². The normalized spacial score (nSPS) is 21.7. The van der Waals surface area contributed by atoms with E-state index >= 15 is 0 Å². The van der Waals surface area contributed by atoms with Crippen molar-refractivity contribution in [3.63, 3.8) is 0 Å². The molecule has 7 heteroatoms. The number of morpholine rings is 2. The Hall–Kier alpha value is -2.79. The molecule has 2 fully saturated rings. The molecule has 2 saturated heterocycles. The summed E-state index contributed by atoms with van der Waals surface area (Å²) in [5, 5.41) is 11.8. The number of nitrogens with one attached hydrogen (secondary N) is 1. The summed E-state index contributed by atoms with van der Waals surface area (Å²) >= 11 is 0. The number of hydrogen-bond acceptors (Lipinski definition) is 5. The Balaban J connectivity index is 1.23. The second-order valence-electron chi connectivity index (χ2n) is 7.98. The van der Waals surface area contributed by atoms with Crippen LogP contribution in [0.2, 0.25) is 0 Å². The minimum atomic E-state index is -0.217. The number of carbonyl (C=O) groups excluding carboxylic acids is 1. The fourth-order valence-electron chi connectivity index (χ4n) is 4.12. The number of amides is 1. The summed E-state index contributed by atoms with van der Waals surface area (Å²) in [4.78, 5) is 16.9. The van der Waals surface area contributed by atoms with Gasteiger partial charge in [-0.3, -0.25) is 14.6 Å². The zero-order valence-corrected chi connectivity index (χ0v) is 16.8. The third-order valence-corrected chi connectivity index (χ3v) is 5.49. The summed E-state index contributed by atoms with van der Waals surface area (Å²) in [5.41, 5.74) is 2.67. The molecule has 156 valence electrons. The molecule has 0 spiro atoms. The van der Waals surface area contributed by atoms with Gasteiger partial charge >= 0.3 is 0 Å². The summed E-state index contributed by atoms with van der Waals surface area (Å²) in [6, 6.07) is 15.9. The van der Waals surface area contributed by atoms with Gasteiger partial charge in [0.05, 0.1) is 30.4 Å². The van der Waals surface area contributed by atoms with E-state index in [1.165, 1.54) is 12.1 Å². The highest BCUT2D eigenvalue weighted by Gasteiger charge is 2.35. The van der Waals surface area contributed by atoms with Crippen LogP contribution in [0.25, 0.3) is 0 Å². The minimum Gasteiger partial charge on any atom is -0.370 e. The molecule has 2 bridgehead atoms. The van der Waals surface area contributed by atoms with Crippen LogP contribution in [0.3, 0.4) is 0 Å². The highest BCUT2D eigenvalue weighted by atomic mass is 19.1. The van der Waals surface area contributed by atoms with E-state index in [1.54, 1.807) is 12.1 Å². The first-order chi connectivity index (χ1) is 14.6. The number of benzene rings is 2. The number of halogens is 1. The molecule has 4 rings (SSSR count). The van der Waals surface area contributed by atoms with Gasteiger partial charge in [-0.25, -0.2) is 4.39 Å². The molecular formula is C23H25FN4O2. The lowest BCUT2D eigenvalue weighted by molar-refractivity contribution is -0.146. The largest absolute Gasteiger partial charge is 0.370 e. The van der Waals surface area contributed by atoms with Gasteiger partial charge < -0.3 is 10.1 Å². The van der Waals surface area contributed by atoms with Crippen LogP contribution in [0, 0.1) is 17.1 Å². The first-order valence-corrected chi connectivity index (χ1v) is 10.2. The van der Waals surface area contributed by atoms with E-state index in [1.807, 2.05) is 24.3 Å². The fourth-order valence-corrected chi connectivity index (χ4v) is 4.12. The minimum absolute atomic E-state index is 0.0116. The fraction of sp³-hybridized carbons (Fsp3) is 0.391. The van der Waals surface area contributed by atoms with Crippen LogP contribution in [0.4, 0.5) is 4.39 Å². The molecule has 1 N–H and O–H groups in total. The number of nitriles is 1. The molecule has 0 saturated carbocycles. The van der Waals surface area contributed by atoms with Crippen molar-refractivity contribution in [2.45, 2.75) is 25.3 Å². The molecule has 2 heterocycles. The number of hydrogen-bond donors (Lipinski definition) is 1. The van der Waals surface area contributed by atoms with Gasteiger partial charge in [-0.05, 0) is 35.4 Å². The number of rotatable bonds is 6. The number of fused-ring (bicyclic) bond motifs is 2. The lowest BCUT2D eigenvalue weighted by Gasteiger charge is -2.45. The van der Waals surface area contributed by atoms with E-state index in [-0.39, 0.29) is 23.9 Å². The first-order valence-electron chi connectivity index (χ1n) is 10.2. The monoisotopic (exact) mass is 408 g/mol. The van der Waals surface area contributed by atoms with Crippen molar-refractivity contribution in [2.24, 2.45) is 0 Å². The van der Waals surface area contributed by atoms with Crippen LogP contribution in [-0.2, 0) is 22.6 Å². The van der Waals surface area contributed by atoms with E-state index in [0.29, 0.717) is 18.7 Å². The van der Waals surface area contributed by atoms with Gasteiger partial charge in [0.1, 0.15) is 5.82 Å². The summed E-state index contributed by atoms with van der Waals surface area (Å²) in [7, 11) is 0. The van der Waals surface area contributed by atoms with Crippen LogP contribution in [0.1, 0.15) is 16.7 Å². The van der Waals surface area contributed by atoms with Gasteiger partial charge in [-0.1, -0.05) is 24.3 Å². The molecule has 6 nitrogen and oxygen atoms in total. The predicted octanol–water partition coefficient (Wildman–Crippen LogP) is 1.90. The average Bonchev–Trinajstić information content (AvgIpc) is 2.74. The highest BCUT2D eigenvalue weighted by molar-refractivity contribution is 5.78. The molecule has 2 unspecified atom stereocenters. The van der Waals surface area contributed by atoms with Crippen molar-refractivity contribution >= 4 is 5.91 Å². The Kier molecular flexibility index (Phi) is 6.38. The van der Waals surface area contributed by atoms with Crippen LogP contribution < -0.4 is 5.32 Å². The standard InChI is InChI=1S/C23H25FN4O2/c24-20-7-5-19(6-8-20)11-27-12-21-14-28(15-22(13-27)30-21)16-23(29)26-10-18-3-1-17(9-25)2-4-18/h1-8,21-22H,10-16H2,(H,26,29).